The maximum absolute atomic E-state index is 4.17. The van der Waals surface area contributed by atoms with E-state index >= 15 is 0 Å². The summed E-state index contributed by atoms with van der Waals surface area (Å²) in [5, 5.41) is 8.22. The highest BCUT2D eigenvalue weighted by Gasteiger charge is 2.09. The molecule has 6 heteroatoms. The van der Waals surface area contributed by atoms with Gasteiger partial charge in [0.2, 0.25) is 0 Å². The molecular weight excluding hydrogens is 282 g/mol. The Morgan fingerprint density at radius 3 is 2.71 bits per heavy atom. The summed E-state index contributed by atoms with van der Waals surface area (Å²) >= 11 is 3.48. The van der Waals surface area contributed by atoms with Gasteiger partial charge in [0.1, 0.15) is 0 Å². The molecule has 0 aliphatic carbocycles. The van der Waals surface area contributed by atoms with Crippen molar-refractivity contribution in [3.63, 3.8) is 0 Å². The largest absolute Gasteiger partial charge is 0.330 e. The van der Waals surface area contributed by atoms with Crippen molar-refractivity contribution >= 4 is 15.9 Å². The summed E-state index contributed by atoms with van der Waals surface area (Å²) in [7, 11) is 0. The number of nitrogens with zero attached hydrogens (tertiary/aromatic N) is 5. The molecule has 0 aliphatic heterocycles. The zero-order valence-electron chi connectivity index (χ0n) is 10.2. The molecule has 0 spiro atoms. The van der Waals surface area contributed by atoms with Crippen molar-refractivity contribution in [1.29, 1.82) is 0 Å². The summed E-state index contributed by atoms with van der Waals surface area (Å²) < 4.78 is 3.97. The van der Waals surface area contributed by atoms with Crippen molar-refractivity contribution in [2.75, 3.05) is 0 Å². The Kier molecular flexibility index (Phi) is 3.61. The smallest absolute Gasteiger partial charge is 0.0960 e. The van der Waals surface area contributed by atoms with Gasteiger partial charge in [0.15, 0.2) is 0 Å². The standard InChI is InChI=1S/C11H16BrN5/c1-8(2)17-7-13-4-10(17)5-16-6-11(9(3)12)14-15-16/h4,6-9H,5H2,1-3H3. The molecule has 2 rings (SSSR count). The number of alkyl halides is 1. The van der Waals surface area contributed by atoms with Gasteiger partial charge in [-0.15, -0.1) is 5.10 Å². The minimum absolute atomic E-state index is 0.228. The summed E-state index contributed by atoms with van der Waals surface area (Å²) in [4.78, 5) is 4.40. The first-order chi connectivity index (χ1) is 8.08. The first kappa shape index (κ1) is 12.3. The van der Waals surface area contributed by atoms with Crippen molar-refractivity contribution in [3.05, 3.63) is 30.1 Å². The monoisotopic (exact) mass is 297 g/mol. The van der Waals surface area contributed by atoms with E-state index in [1.54, 1.807) is 0 Å². The van der Waals surface area contributed by atoms with Crippen LogP contribution >= 0.6 is 15.9 Å². The van der Waals surface area contributed by atoms with Gasteiger partial charge in [0.05, 0.1) is 41.5 Å². The molecule has 0 saturated carbocycles. The van der Waals surface area contributed by atoms with E-state index in [0.29, 0.717) is 12.6 Å². The van der Waals surface area contributed by atoms with Crippen molar-refractivity contribution in [3.8, 4) is 0 Å². The van der Waals surface area contributed by atoms with E-state index in [2.05, 4.69) is 49.6 Å². The second kappa shape index (κ2) is 5.00. The number of halogens is 1. The lowest BCUT2D eigenvalue weighted by molar-refractivity contribution is 0.541. The molecule has 0 bridgehead atoms. The van der Waals surface area contributed by atoms with Gasteiger partial charge in [-0.3, -0.25) is 0 Å². The molecule has 0 amide bonds. The summed E-state index contributed by atoms with van der Waals surface area (Å²) in [5.74, 6) is 0. The molecule has 0 aliphatic rings. The SMILES string of the molecule is CC(Br)c1cn(Cc2cncn2C(C)C)nn1. The second-order valence-corrected chi connectivity index (χ2v) is 5.72. The van der Waals surface area contributed by atoms with Crippen molar-refractivity contribution in [1.82, 2.24) is 24.5 Å². The molecule has 17 heavy (non-hydrogen) atoms. The highest BCUT2D eigenvalue weighted by Crippen LogP contribution is 2.18. The Labute approximate surface area is 109 Å². The van der Waals surface area contributed by atoms with Crippen LogP contribution in [-0.2, 0) is 6.54 Å². The highest BCUT2D eigenvalue weighted by atomic mass is 79.9. The first-order valence-corrected chi connectivity index (χ1v) is 6.54. The average molecular weight is 298 g/mol. The van der Waals surface area contributed by atoms with E-state index in [4.69, 9.17) is 0 Å². The zero-order valence-corrected chi connectivity index (χ0v) is 11.8. The van der Waals surface area contributed by atoms with E-state index < -0.39 is 0 Å². The van der Waals surface area contributed by atoms with Gasteiger partial charge >= 0.3 is 0 Å². The van der Waals surface area contributed by atoms with Gasteiger partial charge in [-0.1, -0.05) is 21.1 Å². The normalized spacial score (nSPS) is 13.2. The van der Waals surface area contributed by atoms with Gasteiger partial charge in [-0.05, 0) is 20.8 Å². The van der Waals surface area contributed by atoms with E-state index in [0.717, 1.165) is 11.4 Å². The Bertz CT molecular complexity index is 486. The molecule has 5 nitrogen and oxygen atoms in total. The van der Waals surface area contributed by atoms with Gasteiger partial charge in [-0.2, -0.15) is 0 Å². The maximum atomic E-state index is 4.17. The average Bonchev–Trinajstić information content (AvgIpc) is 2.86. The molecule has 0 radical (unpaired) electrons. The molecule has 0 aromatic carbocycles. The van der Waals surface area contributed by atoms with Crippen LogP contribution in [0.5, 0.6) is 0 Å². The Morgan fingerprint density at radius 1 is 1.35 bits per heavy atom. The molecule has 1 atom stereocenters. The van der Waals surface area contributed by atoms with Crippen LogP contribution in [0.1, 0.15) is 43.0 Å². The van der Waals surface area contributed by atoms with Crippen molar-refractivity contribution in [2.45, 2.75) is 38.2 Å². The van der Waals surface area contributed by atoms with Crippen LogP contribution in [-0.4, -0.2) is 24.5 Å². The molecule has 0 N–H and O–H groups in total. The van der Waals surface area contributed by atoms with Crippen LogP contribution < -0.4 is 0 Å². The summed E-state index contributed by atoms with van der Waals surface area (Å²) in [6, 6.07) is 0.408. The van der Waals surface area contributed by atoms with Gasteiger partial charge in [0, 0.05) is 6.04 Å². The molecule has 1 unspecified atom stereocenters. The molecular formula is C11H16BrN5. The summed E-state index contributed by atoms with van der Waals surface area (Å²) in [5.41, 5.74) is 2.08. The molecule has 2 aromatic heterocycles. The van der Waals surface area contributed by atoms with Crippen LogP contribution in [0.4, 0.5) is 0 Å². The van der Waals surface area contributed by atoms with Gasteiger partial charge in [-0.25, -0.2) is 9.67 Å². The minimum Gasteiger partial charge on any atom is -0.330 e. The Balaban J connectivity index is 2.17. The van der Waals surface area contributed by atoms with Crippen LogP contribution in [0.25, 0.3) is 0 Å². The first-order valence-electron chi connectivity index (χ1n) is 5.62. The lowest BCUT2D eigenvalue weighted by Crippen LogP contribution is -2.09. The van der Waals surface area contributed by atoms with E-state index in [-0.39, 0.29) is 4.83 Å². The van der Waals surface area contributed by atoms with Crippen LogP contribution in [0.3, 0.4) is 0 Å². The number of hydrogen-bond acceptors (Lipinski definition) is 3. The topological polar surface area (TPSA) is 48.5 Å². The fraction of sp³-hybridized carbons (Fsp3) is 0.545. The molecule has 0 saturated heterocycles. The maximum Gasteiger partial charge on any atom is 0.0960 e. The quantitative estimate of drug-likeness (QED) is 0.815. The number of aromatic nitrogens is 5. The third kappa shape index (κ3) is 2.74. The lowest BCUT2D eigenvalue weighted by Gasteiger charge is -2.11. The second-order valence-electron chi connectivity index (χ2n) is 4.34. The minimum atomic E-state index is 0.228. The van der Waals surface area contributed by atoms with E-state index in [9.17, 15) is 0 Å². The lowest BCUT2D eigenvalue weighted by atomic mass is 10.3. The van der Waals surface area contributed by atoms with Crippen molar-refractivity contribution in [2.24, 2.45) is 0 Å². The number of imidazole rings is 1. The Morgan fingerprint density at radius 2 is 2.12 bits per heavy atom. The van der Waals surface area contributed by atoms with Crippen LogP contribution in [0.2, 0.25) is 0 Å². The number of hydrogen-bond donors (Lipinski definition) is 0. The van der Waals surface area contributed by atoms with E-state index in [1.807, 2.05) is 30.3 Å². The molecule has 2 aromatic rings. The zero-order chi connectivity index (χ0) is 12.4. The number of rotatable bonds is 4. The third-order valence-electron chi connectivity index (χ3n) is 2.59. The van der Waals surface area contributed by atoms with E-state index in [1.165, 1.54) is 0 Å². The van der Waals surface area contributed by atoms with Crippen LogP contribution in [0.15, 0.2) is 18.7 Å². The third-order valence-corrected chi connectivity index (χ3v) is 3.06. The fourth-order valence-corrected chi connectivity index (χ4v) is 1.87. The predicted octanol–water partition coefficient (Wildman–Crippen LogP) is 2.56. The summed E-state index contributed by atoms with van der Waals surface area (Å²) in [6.45, 7) is 7.01. The fourth-order valence-electron chi connectivity index (χ4n) is 1.66. The van der Waals surface area contributed by atoms with Gasteiger partial charge in [0.25, 0.3) is 0 Å². The predicted molar refractivity (Wildman–Crippen MR) is 69.1 cm³/mol. The highest BCUT2D eigenvalue weighted by molar-refractivity contribution is 9.09. The molecule has 0 fully saturated rings. The summed E-state index contributed by atoms with van der Waals surface area (Å²) in [6.07, 6.45) is 5.68. The Hall–Kier alpha value is -1.17. The molecule has 92 valence electrons. The molecule has 2 heterocycles. The van der Waals surface area contributed by atoms with Gasteiger partial charge < -0.3 is 4.57 Å². The van der Waals surface area contributed by atoms with Crippen LogP contribution in [0, 0.1) is 0 Å². The van der Waals surface area contributed by atoms with Crippen molar-refractivity contribution < 1.29 is 0 Å².